The van der Waals surface area contributed by atoms with Crippen LogP contribution in [0.25, 0.3) is 11.4 Å². The number of rotatable bonds is 6. The van der Waals surface area contributed by atoms with Gasteiger partial charge in [0, 0.05) is 19.3 Å². The molecule has 114 valence electrons. The Morgan fingerprint density at radius 2 is 2.00 bits per heavy atom. The van der Waals surface area contributed by atoms with E-state index in [1.54, 1.807) is 0 Å². The average Bonchev–Trinajstić information content (AvgIpc) is 2.80. The predicted octanol–water partition coefficient (Wildman–Crippen LogP) is 3.72. The van der Waals surface area contributed by atoms with Crippen molar-refractivity contribution in [1.82, 2.24) is 19.7 Å². The van der Waals surface area contributed by atoms with Crippen molar-refractivity contribution in [2.24, 2.45) is 7.05 Å². The molecule has 2 heterocycles. The van der Waals surface area contributed by atoms with Gasteiger partial charge in [0.1, 0.15) is 5.82 Å². The minimum Gasteiger partial charge on any atom is -0.369 e. The van der Waals surface area contributed by atoms with Gasteiger partial charge in [-0.3, -0.25) is 4.68 Å². The Hall–Kier alpha value is -1.43. The summed E-state index contributed by atoms with van der Waals surface area (Å²) in [4.78, 5) is 9.40. The number of nitrogens with one attached hydrogen (secondary N) is 1. The topological polar surface area (TPSA) is 55.6 Å². The molecule has 0 saturated heterocycles. The molecule has 0 unspecified atom stereocenters. The van der Waals surface area contributed by atoms with E-state index in [-0.39, 0.29) is 0 Å². The maximum absolute atomic E-state index is 4.72. The predicted molar refractivity (Wildman–Crippen MR) is 89.4 cm³/mol. The maximum Gasteiger partial charge on any atom is 0.165 e. The first kappa shape index (κ1) is 15.9. The molecule has 0 bridgehead atoms. The van der Waals surface area contributed by atoms with Crippen LogP contribution < -0.4 is 5.32 Å². The Bertz CT molecular complexity index is 621. The molecule has 6 heteroatoms. The van der Waals surface area contributed by atoms with Gasteiger partial charge in [0.05, 0.1) is 21.9 Å². The van der Waals surface area contributed by atoms with Gasteiger partial charge in [0.25, 0.3) is 0 Å². The zero-order valence-corrected chi connectivity index (χ0v) is 14.7. The van der Waals surface area contributed by atoms with E-state index in [1.165, 1.54) is 0 Å². The minimum absolute atomic E-state index is 0.742. The molecule has 0 aliphatic rings. The molecule has 0 radical (unpaired) electrons. The second kappa shape index (κ2) is 7.02. The van der Waals surface area contributed by atoms with E-state index in [9.17, 15) is 0 Å². The van der Waals surface area contributed by atoms with Gasteiger partial charge in [-0.2, -0.15) is 5.10 Å². The maximum atomic E-state index is 4.72. The molecule has 1 N–H and O–H groups in total. The van der Waals surface area contributed by atoms with Crippen LogP contribution in [0.2, 0.25) is 0 Å². The minimum atomic E-state index is 0.742. The molecule has 0 aromatic carbocycles. The van der Waals surface area contributed by atoms with Crippen LogP contribution in [0.4, 0.5) is 5.82 Å². The Kier molecular flexibility index (Phi) is 5.33. The molecule has 2 aromatic heterocycles. The van der Waals surface area contributed by atoms with Gasteiger partial charge in [-0.05, 0) is 35.7 Å². The number of halogens is 1. The van der Waals surface area contributed by atoms with Gasteiger partial charge in [0.2, 0.25) is 0 Å². The molecule has 0 spiro atoms. The molecule has 0 aliphatic heterocycles. The van der Waals surface area contributed by atoms with Crippen LogP contribution in [0.5, 0.6) is 0 Å². The van der Waals surface area contributed by atoms with Crippen LogP contribution in [0.3, 0.4) is 0 Å². The van der Waals surface area contributed by atoms with Crippen LogP contribution in [-0.2, 0) is 13.5 Å². The van der Waals surface area contributed by atoms with E-state index in [0.717, 1.165) is 58.9 Å². The second-order valence-corrected chi connectivity index (χ2v) is 5.89. The zero-order chi connectivity index (χ0) is 15.4. The van der Waals surface area contributed by atoms with Crippen molar-refractivity contribution in [3.63, 3.8) is 0 Å². The van der Waals surface area contributed by atoms with Crippen molar-refractivity contribution in [3.05, 3.63) is 22.1 Å². The number of nitrogens with zero attached hydrogens (tertiary/aromatic N) is 4. The smallest absolute Gasteiger partial charge is 0.165 e. The fourth-order valence-corrected chi connectivity index (χ4v) is 2.61. The Morgan fingerprint density at radius 1 is 1.24 bits per heavy atom. The Balaban J connectivity index is 2.50. The highest BCUT2D eigenvalue weighted by molar-refractivity contribution is 9.10. The van der Waals surface area contributed by atoms with Gasteiger partial charge < -0.3 is 5.32 Å². The normalized spacial score (nSPS) is 10.9. The molecule has 5 nitrogen and oxygen atoms in total. The zero-order valence-electron chi connectivity index (χ0n) is 13.1. The number of hydrogen-bond donors (Lipinski definition) is 1. The average molecular weight is 352 g/mol. The molecule has 21 heavy (non-hydrogen) atoms. The van der Waals surface area contributed by atoms with Crippen molar-refractivity contribution in [2.45, 2.75) is 40.0 Å². The molecule has 0 aliphatic carbocycles. The SMILES string of the molecule is CCCNc1nc(-c2cnn(C)c2C)nc(CCC)c1Br. The monoisotopic (exact) mass is 351 g/mol. The molecular weight excluding hydrogens is 330 g/mol. The highest BCUT2D eigenvalue weighted by atomic mass is 79.9. The first-order valence-corrected chi connectivity index (χ1v) is 8.17. The Labute approximate surface area is 134 Å². The summed E-state index contributed by atoms with van der Waals surface area (Å²) in [6.45, 7) is 7.23. The second-order valence-electron chi connectivity index (χ2n) is 5.10. The molecule has 0 fully saturated rings. The summed E-state index contributed by atoms with van der Waals surface area (Å²) in [5.41, 5.74) is 3.10. The fourth-order valence-electron chi connectivity index (χ4n) is 2.10. The largest absolute Gasteiger partial charge is 0.369 e. The van der Waals surface area contributed by atoms with Crippen LogP contribution in [0.15, 0.2) is 10.7 Å². The van der Waals surface area contributed by atoms with E-state index < -0.39 is 0 Å². The van der Waals surface area contributed by atoms with Gasteiger partial charge in [-0.15, -0.1) is 0 Å². The van der Waals surface area contributed by atoms with Crippen molar-refractivity contribution >= 4 is 21.7 Å². The fraction of sp³-hybridized carbons (Fsp3) is 0.533. The quantitative estimate of drug-likeness (QED) is 0.861. The first-order valence-electron chi connectivity index (χ1n) is 7.37. The summed E-state index contributed by atoms with van der Waals surface area (Å²) in [6, 6.07) is 0. The van der Waals surface area contributed by atoms with Crippen LogP contribution in [0, 0.1) is 6.92 Å². The Morgan fingerprint density at radius 3 is 2.57 bits per heavy atom. The summed E-state index contributed by atoms with van der Waals surface area (Å²) < 4.78 is 2.82. The van der Waals surface area contributed by atoms with E-state index in [4.69, 9.17) is 4.98 Å². The summed E-state index contributed by atoms with van der Waals surface area (Å²) in [5.74, 6) is 1.61. The molecule has 0 atom stereocenters. The van der Waals surface area contributed by atoms with Gasteiger partial charge in [-0.1, -0.05) is 20.3 Å². The number of anilines is 1. The summed E-state index contributed by atoms with van der Waals surface area (Å²) in [5, 5.41) is 7.66. The van der Waals surface area contributed by atoms with E-state index >= 15 is 0 Å². The lowest BCUT2D eigenvalue weighted by Gasteiger charge is -2.12. The molecule has 2 aromatic rings. The van der Waals surface area contributed by atoms with Crippen molar-refractivity contribution in [2.75, 3.05) is 11.9 Å². The lowest BCUT2D eigenvalue weighted by Crippen LogP contribution is -2.07. The van der Waals surface area contributed by atoms with Gasteiger partial charge in [-0.25, -0.2) is 9.97 Å². The highest BCUT2D eigenvalue weighted by Gasteiger charge is 2.15. The standard InChI is InChI=1S/C15H22BrN5/c1-5-7-12-13(16)15(17-8-6-2)20-14(19-12)11-9-18-21(4)10(11)3/h9H,5-8H2,1-4H3,(H,17,19,20). The third kappa shape index (κ3) is 3.43. The van der Waals surface area contributed by atoms with Crippen LogP contribution >= 0.6 is 15.9 Å². The summed E-state index contributed by atoms with van der Waals surface area (Å²) >= 11 is 3.63. The molecule has 0 amide bonds. The number of aryl methyl sites for hydroxylation is 2. The highest BCUT2D eigenvalue weighted by Crippen LogP contribution is 2.29. The summed E-state index contributed by atoms with van der Waals surface area (Å²) in [7, 11) is 1.93. The van der Waals surface area contributed by atoms with Gasteiger partial charge in [0.15, 0.2) is 5.82 Å². The van der Waals surface area contributed by atoms with Crippen LogP contribution in [0.1, 0.15) is 38.1 Å². The third-order valence-electron chi connectivity index (χ3n) is 3.43. The number of aromatic nitrogens is 4. The van der Waals surface area contributed by atoms with Crippen LogP contribution in [-0.4, -0.2) is 26.3 Å². The molecule has 2 rings (SSSR count). The van der Waals surface area contributed by atoms with E-state index in [1.807, 2.05) is 24.9 Å². The first-order chi connectivity index (χ1) is 10.1. The number of hydrogen-bond acceptors (Lipinski definition) is 4. The van der Waals surface area contributed by atoms with Crippen molar-refractivity contribution in [3.8, 4) is 11.4 Å². The van der Waals surface area contributed by atoms with Crippen molar-refractivity contribution in [1.29, 1.82) is 0 Å². The van der Waals surface area contributed by atoms with Crippen molar-refractivity contribution < 1.29 is 0 Å². The third-order valence-corrected chi connectivity index (χ3v) is 4.26. The molecule has 0 saturated carbocycles. The lowest BCUT2D eigenvalue weighted by molar-refractivity contribution is 0.740. The molecular formula is C15H22BrN5. The van der Waals surface area contributed by atoms with E-state index in [2.05, 4.69) is 45.2 Å². The lowest BCUT2D eigenvalue weighted by atomic mass is 10.2. The van der Waals surface area contributed by atoms with Gasteiger partial charge >= 0.3 is 0 Å². The van der Waals surface area contributed by atoms with E-state index in [0.29, 0.717) is 0 Å². The summed E-state index contributed by atoms with van der Waals surface area (Å²) in [6.07, 6.45) is 4.86.